The van der Waals surface area contributed by atoms with E-state index in [2.05, 4.69) is 19.2 Å². The highest BCUT2D eigenvalue weighted by atomic mass is 16.4. The predicted molar refractivity (Wildman–Crippen MR) is 69.3 cm³/mol. The molecule has 1 fully saturated rings. The minimum absolute atomic E-state index is 0.0658. The minimum atomic E-state index is -0.960. The zero-order valence-corrected chi connectivity index (χ0v) is 11.6. The van der Waals surface area contributed by atoms with E-state index < -0.39 is 12.0 Å². The molecular weight excluding hydrogens is 232 g/mol. The molecule has 2 amide bonds. The minimum Gasteiger partial charge on any atom is -0.480 e. The second-order valence-electron chi connectivity index (χ2n) is 5.51. The summed E-state index contributed by atoms with van der Waals surface area (Å²) >= 11 is 0. The molecule has 4 atom stereocenters. The Bertz CT molecular complexity index is 309. The highest BCUT2D eigenvalue weighted by molar-refractivity contribution is 5.83. The highest BCUT2D eigenvalue weighted by Crippen LogP contribution is 2.22. The number of nitrogens with zero attached hydrogens (tertiary/aromatic N) is 1. The quantitative estimate of drug-likeness (QED) is 0.805. The fraction of sp³-hybridized carbons (Fsp3) is 0.846. The molecule has 2 unspecified atom stereocenters. The SMILES string of the molecule is CC[C@H](C)[C@H](NC(=O)N1CC(C)C(C)C1)C(=O)O. The summed E-state index contributed by atoms with van der Waals surface area (Å²) in [6.45, 7) is 9.41. The van der Waals surface area contributed by atoms with Crippen molar-refractivity contribution >= 4 is 12.0 Å². The molecule has 0 saturated carbocycles. The molecule has 0 spiro atoms. The second kappa shape index (κ2) is 6.07. The first-order valence-corrected chi connectivity index (χ1v) is 6.65. The van der Waals surface area contributed by atoms with Crippen LogP contribution in [0.2, 0.25) is 0 Å². The van der Waals surface area contributed by atoms with Gasteiger partial charge in [0.1, 0.15) is 6.04 Å². The molecule has 5 heteroatoms. The summed E-state index contributed by atoms with van der Waals surface area (Å²) in [7, 11) is 0. The number of likely N-dealkylation sites (tertiary alicyclic amines) is 1. The summed E-state index contributed by atoms with van der Waals surface area (Å²) < 4.78 is 0. The number of rotatable bonds is 4. The van der Waals surface area contributed by atoms with Crippen molar-refractivity contribution in [3.05, 3.63) is 0 Å². The summed E-state index contributed by atoms with van der Waals surface area (Å²) in [4.78, 5) is 24.9. The zero-order chi connectivity index (χ0) is 13.9. The number of carboxylic acid groups (broad SMARTS) is 1. The van der Waals surface area contributed by atoms with Crippen LogP contribution in [0.5, 0.6) is 0 Å². The van der Waals surface area contributed by atoms with Crippen LogP contribution >= 0.6 is 0 Å². The zero-order valence-electron chi connectivity index (χ0n) is 11.6. The lowest BCUT2D eigenvalue weighted by Crippen LogP contribution is -2.50. The predicted octanol–water partition coefficient (Wildman–Crippen LogP) is 1.78. The Balaban J connectivity index is 2.60. The number of carbonyl (C=O) groups excluding carboxylic acids is 1. The Kier molecular flexibility index (Phi) is 4.99. The lowest BCUT2D eigenvalue weighted by Gasteiger charge is -2.24. The van der Waals surface area contributed by atoms with Crippen LogP contribution in [0.4, 0.5) is 4.79 Å². The van der Waals surface area contributed by atoms with E-state index in [1.807, 2.05) is 13.8 Å². The maximum Gasteiger partial charge on any atom is 0.326 e. The fourth-order valence-corrected chi connectivity index (χ4v) is 2.20. The first-order chi connectivity index (χ1) is 8.36. The molecule has 0 aliphatic carbocycles. The van der Waals surface area contributed by atoms with Gasteiger partial charge in [0, 0.05) is 13.1 Å². The molecule has 0 aromatic heterocycles. The first-order valence-electron chi connectivity index (χ1n) is 6.65. The molecule has 2 N–H and O–H groups in total. The normalized spacial score (nSPS) is 26.8. The molecule has 1 rings (SSSR count). The largest absolute Gasteiger partial charge is 0.480 e. The van der Waals surface area contributed by atoms with Gasteiger partial charge in [0.2, 0.25) is 0 Å². The number of hydrogen-bond acceptors (Lipinski definition) is 2. The maximum atomic E-state index is 12.0. The van der Waals surface area contributed by atoms with Crippen molar-refractivity contribution in [2.45, 2.75) is 40.2 Å². The first kappa shape index (κ1) is 14.8. The molecule has 1 saturated heterocycles. The summed E-state index contributed by atoms with van der Waals surface area (Å²) in [6.07, 6.45) is 0.726. The fourth-order valence-electron chi connectivity index (χ4n) is 2.20. The van der Waals surface area contributed by atoms with Crippen molar-refractivity contribution in [2.24, 2.45) is 17.8 Å². The Hall–Kier alpha value is -1.26. The highest BCUT2D eigenvalue weighted by Gasteiger charge is 2.32. The van der Waals surface area contributed by atoms with E-state index in [-0.39, 0.29) is 11.9 Å². The molecule has 104 valence electrons. The number of aliphatic carboxylic acids is 1. The molecule has 0 bridgehead atoms. The number of amides is 2. The van der Waals surface area contributed by atoms with E-state index >= 15 is 0 Å². The lowest BCUT2D eigenvalue weighted by molar-refractivity contribution is -0.140. The average molecular weight is 256 g/mol. The molecule has 1 aliphatic heterocycles. The number of carbonyl (C=O) groups is 2. The van der Waals surface area contributed by atoms with E-state index in [9.17, 15) is 9.59 Å². The van der Waals surface area contributed by atoms with Gasteiger partial charge in [-0.15, -0.1) is 0 Å². The van der Waals surface area contributed by atoms with Crippen molar-refractivity contribution in [1.29, 1.82) is 0 Å². The van der Waals surface area contributed by atoms with E-state index in [1.54, 1.807) is 4.90 Å². The van der Waals surface area contributed by atoms with Crippen molar-refractivity contribution in [3.8, 4) is 0 Å². The Morgan fingerprint density at radius 3 is 2.22 bits per heavy atom. The molecule has 1 aliphatic rings. The van der Waals surface area contributed by atoms with Crippen molar-refractivity contribution < 1.29 is 14.7 Å². The van der Waals surface area contributed by atoms with Gasteiger partial charge in [-0.25, -0.2) is 9.59 Å². The van der Waals surface area contributed by atoms with E-state index in [0.717, 1.165) is 6.42 Å². The van der Waals surface area contributed by atoms with Crippen LogP contribution in [0.1, 0.15) is 34.1 Å². The summed E-state index contributed by atoms with van der Waals surface area (Å²) in [5.41, 5.74) is 0. The van der Waals surface area contributed by atoms with Gasteiger partial charge < -0.3 is 15.3 Å². The number of nitrogens with one attached hydrogen (secondary N) is 1. The van der Waals surface area contributed by atoms with Crippen LogP contribution in [0.25, 0.3) is 0 Å². The second-order valence-corrected chi connectivity index (χ2v) is 5.51. The molecule has 18 heavy (non-hydrogen) atoms. The average Bonchev–Trinajstić information content (AvgIpc) is 2.65. The molecule has 0 radical (unpaired) electrons. The van der Waals surface area contributed by atoms with Gasteiger partial charge >= 0.3 is 12.0 Å². The third-order valence-corrected chi connectivity index (χ3v) is 4.03. The van der Waals surface area contributed by atoms with Crippen molar-refractivity contribution in [2.75, 3.05) is 13.1 Å². The summed E-state index contributed by atoms with van der Waals surface area (Å²) in [5, 5.41) is 11.8. The monoisotopic (exact) mass is 256 g/mol. The molecule has 0 aromatic rings. The van der Waals surface area contributed by atoms with Crippen LogP contribution in [0, 0.1) is 17.8 Å². The van der Waals surface area contributed by atoms with Crippen LogP contribution in [0.3, 0.4) is 0 Å². The standard InChI is InChI=1S/C13H24N2O3/c1-5-8(2)11(12(16)17)14-13(18)15-6-9(3)10(4)7-15/h8-11H,5-7H2,1-4H3,(H,14,18)(H,16,17)/t8-,9?,10?,11-/m0/s1. The van der Waals surface area contributed by atoms with Crippen LogP contribution < -0.4 is 5.32 Å². The van der Waals surface area contributed by atoms with Gasteiger partial charge in [0.15, 0.2) is 0 Å². The van der Waals surface area contributed by atoms with E-state index in [1.165, 1.54) is 0 Å². The third kappa shape index (κ3) is 3.37. The van der Waals surface area contributed by atoms with E-state index in [0.29, 0.717) is 24.9 Å². The summed E-state index contributed by atoms with van der Waals surface area (Å²) in [6, 6.07) is -1.05. The Labute approximate surface area is 109 Å². The lowest BCUT2D eigenvalue weighted by atomic mass is 9.99. The van der Waals surface area contributed by atoms with Crippen LogP contribution in [-0.2, 0) is 4.79 Å². The van der Waals surface area contributed by atoms with Gasteiger partial charge in [-0.1, -0.05) is 34.1 Å². The topological polar surface area (TPSA) is 69.6 Å². The number of urea groups is 1. The van der Waals surface area contributed by atoms with Gasteiger partial charge in [0.05, 0.1) is 0 Å². The number of hydrogen-bond donors (Lipinski definition) is 2. The van der Waals surface area contributed by atoms with E-state index in [4.69, 9.17) is 5.11 Å². The van der Waals surface area contributed by atoms with Crippen LogP contribution in [0.15, 0.2) is 0 Å². The maximum absolute atomic E-state index is 12.0. The van der Waals surface area contributed by atoms with Crippen molar-refractivity contribution in [3.63, 3.8) is 0 Å². The molecular formula is C13H24N2O3. The van der Waals surface area contributed by atoms with Gasteiger partial charge in [-0.3, -0.25) is 0 Å². The summed E-state index contributed by atoms with van der Waals surface area (Å²) in [5.74, 6) is -0.0767. The van der Waals surface area contributed by atoms with Gasteiger partial charge in [0.25, 0.3) is 0 Å². The van der Waals surface area contributed by atoms with Crippen molar-refractivity contribution in [1.82, 2.24) is 10.2 Å². The van der Waals surface area contributed by atoms with Crippen LogP contribution in [-0.4, -0.2) is 41.1 Å². The molecule has 1 heterocycles. The van der Waals surface area contributed by atoms with Gasteiger partial charge in [-0.05, 0) is 17.8 Å². The molecule has 5 nitrogen and oxygen atoms in total. The Morgan fingerprint density at radius 2 is 1.83 bits per heavy atom. The molecule has 0 aromatic carbocycles. The Morgan fingerprint density at radius 1 is 1.33 bits per heavy atom. The third-order valence-electron chi connectivity index (χ3n) is 4.03. The number of carboxylic acids is 1. The smallest absolute Gasteiger partial charge is 0.326 e. The van der Waals surface area contributed by atoms with Gasteiger partial charge in [-0.2, -0.15) is 0 Å².